The van der Waals surface area contributed by atoms with Gasteiger partial charge in [0.15, 0.2) is 5.76 Å². The molecule has 1 fully saturated rings. The molecule has 1 saturated heterocycles. The standard InChI is InChI=1S/C18H24N4O4S/c1-12-5-6-16(11-13(12)2)19-18(23)21-7-9-22(10-8-21)27(24,25)17-14(3)20-26-15(17)4/h5-6,11H,7-10H2,1-4H3,(H,19,23). The van der Waals surface area contributed by atoms with Gasteiger partial charge in [0.1, 0.15) is 10.6 Å². The van der Waals surface area contributed by atoms with E-state index in [0.29, 0.717) is 18.8 Å². The largest absolute Gasteiger partial charge is 0.360 e. The van der Waals surface area contributed by atoms with Gasteiger partial charge in [-0.05, 0) is 51.0 Å². The predicted octanol–water partition coefficient (Wildman–Crippen LogP) is 2.45. The fourth-order valence-corrected chi connectivity index (χ4v) is 4.84. The first kappa shape index (κ1) is 19.4. The van der Waals surface area contributed by atoms with Gasteiger partial charge in [0, 0.05) is 31.9 Å². The van der Waals surface area contributed by atoms with Crippen LogP contribution in [0.25, 0.3) is 0 Å². The summed E-state index contributed by atoms with van der Waals surface area (Å²) in [6, 6.07) is 5.51. The summed E-state index contributed by atoms with van der Waals surface area (Å²) in [4.78, 5) is 14.2. The van der Waals surface area contributed by atoms with Crippen molar-refractivity contribution < 1.29 is 17.7 Å². The van der Waals surface area contributed by atoms with Crippen LogP contribution in [0, 0.1) is 27.7 Å². The molecule has 1 aliphatic rings. The third-order valence-electron chi connectivity index (χ3n) is 4.85. The Morgan fingerprint density at radius 3 is 2.30 bits per heavy atom. The highest BCUT2D eigenvalue weighted by molar-refractivity contribution is 7.89. The Morgan fingerprint density at radius 2 is 1.74 bits per heavy atom. The maximum Gasteiger partial charge on any atom is 0.321 e. The van der Waals surface area contributed by atoms with E-state index in [-0.39, 0.29) is 29.8 Å². The van der Waals surface area contributed by atoms with Crippen molar-refractivity contribution in [3.05, 3.63) is 40.8 Å². The van der Waals surface area contributed by atoms with Crippen molar-refractivity contribution in [2.45, 2.75) is 32.6 Å². The second-order valence-corrected chi connectivity index (χ2v) is 8.65. The van der Waals surface area contributed by atoms with Gasteiger partial charge in [0.05, 0.1) is 0 Å². The van der Waals surface area contributed by atoms with Crippen molar-refractivity contribution in [2.24, 2.45) is 0 Å². The Kier molecular flexibility index (Phi) is 5.25. The fourth-order valence-electron chi connectivity index (χ4n) is 3.13. The number of piperazine rings is 1. The van der Waals surface area contributed by atoms with E-state index in [9.17, 15) is 13.2 Å². The second-order valence-electron chi connectivity index (χ2n) is 6.77. The smallest absolute Gasteiger partial charge is 0.321 e. The molecule has 1 aliphatic heterocycles. The van der Waals surface area contributed by atoms with Crippen LogP contribution in [0.2, 0.25) is 0 Å². The van der Waals surface area contributed by atoms with Crippen LogP contribution in [0.4, 0.5) is 10.5 Å². The molecule has 0 atom stereocenters. The Hall–Kier alpha value is -2.39. The number of aryl methyl sites for hydroxylation is 4. The number of carbonyl (C=O) groups excluding carboxylic acids is 1. The van der Waals surface area contributed by atoms with Crippen LogP contribution in [0.1, 0.15) is 22.6 Å². The second kappa shape index (κ2) is 7.32. The summed E-state index contributed by atoms with van der Waals surface area (Å²) >= 11 is 0. The fraction of sp³-hybridized carbons (Fsp3) is 0.444. The number of hydrogen-bond donors (Lipinski definition) is 1. The molecule has 1 N–H and O–H groups in total. The Bertz CT molecular complexity index is 940. The lowest BCUT2D eigenvalue weighted by molar-refractivity contribution is 0.184. The van der Waals surface area contributed by atoms with E-state index in [2.05, 4.69) is 10.5 Å². The van der Waals surface area contributed by atoms with Gasteiger partial charge < -0.3 is 14.7 Å². The zero-order valence-electron chi connectivity index (χ0n) is 15.9. The molecule has 0 radical (unpaired) electrons. The lowest BCUT2D eigenvalue weighted by Gasteiger charge is -2.33. The van der Waals surface area contributed by atoms with E-state index in [1.807, 2.05) is 32.0 Å². The summed E-state index contributed by atoms with van der Waals surface area (Å²) in [6.45, 7) is 8.29. The number of hydrogen-bond acceptors (Lipinski definition) is 5. The van der Waals surface area contributed by atoms with Crippen LogP contribution in [0.15, 0.2) is 27.6 Å². The van der Waals surface area contributed by atoms with Gasteiger partial charge in [0.25, 0.3) is 0 Å². The van der Waals surface area contributed by atoms with Crippen LogP contribution in [-0.2, 0) is 10.0 Å². The van der Waals surface area contributed by atoms with Crippen molar-refractivity contribution in [1.29, 1.82) is 0 Å². The topological polar surface area (TPSA) is 95.8 Å². The molecule has 0 spiro atoms. The summed E-state index contributed by atoms with van der Waals surface area (Å²) in [5, 5.41) is 6.60. The summed E-state index contributed by atoms with van der Waals surface area (Å²) in [6.07, 6.45) is 0. The third kappa shape index (κ3) is 3.84. The molecule has 1 aromatic carbocycles. The lowest BCUT2D eigenvalue weighted by Crippen LogP contribution is -2.51. The number of nitrogens with one attached hydrogen (secondary N) is 1. The zero-order chi connectivity index (χ0) is 19.8. The van der Waals surface area contributed by atoms with Crippen LogP contribution in [0.3, 0.4) is 0 Å². The van der Waals surface area contributed by atoms with Gasteiger partial charge >= 0.3 is 6.03 Å². The van der Waals surface area contributed by atoms with E-state index in [0.717, 1.165) is 16.8 Å². The summed E-state index contributed by atoms with van der Waals surface area (Å²) in [5.41, 5.74) is 3.34. The number of benzene rings is 1. The van der Waals surface area contributed by atoms with Crippen molar-refractivity contribution in [1.82, 2.24) is 14.4 Å². The molecule has 0 aliphatic carbocycles. The van der Waals surface area contributed by atoms with Crippen molar-refractivity contribution in [3.63, 3.8) is 0 Å². The van der Waals surface area contributed by atoms with Gasteiger partial charge in [0.2, 0.25) is 10.0 Å². The summed E-state index contributed by atoms with van der Waals surface area (Å²) in [5.74, 6) is 0.280. The molecule has 8 nitrogen and oxygen atoms in total. The van der Waals surface area contributed by atoms with E-state index >= 15 is 0 Å². The minimum absolute atomic E-state index is 0.121. The molecule has 2 heterocycles. The van der Waals surface area contributed by atoms with Gasteiger partial charge in [-0.1, -0.05) is 11.2 Å². The van der Waals surface area contributed by atoms with Gasteiger partial charge in [-0.3, -0.25) is 0 Å². The van der Waals surface area contributed by atoms with E-state index in [1.54, 1.807) is 18.7 Å². The lowest BCUT2D eigenvalue weighted by atomic mass is 10.1. The molecular formula is C18H24N4O4S. The molecule has 0 saturated carbocycles. The van der Waals surface area contributed by atoms with Crippen LogP contribution < -0.4 is 5.32 Å². The number of urea groups is 1. The first-order valence-corrected chi connectivity index (χ1v) is 10.2. The van der Waals surface area contributed by atoms with Crippen molar-refractivity contribution in [3.8, 4) is 0 Å². The predicted molar refractivity (Wildman–Crippen MR) is 101 cm³/mol. The summed E-state index contributed by atoms with van der Waals surface area (Å²) < 4.78 is 32.0. The van der Waals surface area contributed by atoms with E-state index < -0.39 is 10.0 Å². The number of aromatic nitrogens is 1. The number of sulfonamides is 1. The molecule has 1 aromatic heterocycles. The van der Waals surface area contributed by atoms with Crippen LogP contribution in [-0.4, -0.2) is 55.0 Å². The number of amides is 2. The van der Waals surface area contributed by atoms with E-state index in [1.165, 1.54) is 4.31 Å². The average Bonchev–Trinajstić information content (AvgIpc) is 2.97. The molecule has 2 aromatic rings. The first-order valence-electron chi connectivity index (χ1n) is 8.76. The maximum atomic E-state index is 12.8. The third-order valence-corrected chi connectivity index (χ3v) is 6.99. The van der Waals surface area contributed by atoms with Crippen molar-refractivity contribution in [2.75, 3.05) is 31.5 Å². The highest BCUT2D eigenvalue weighted by Gasteiger charge is 2.34. The van der Waals surface area contributed by atoms with Crippen LogP contribution >= 0.6 is 0 Å². The first-order chi connectivity index (χ1) is 12.7. The SMILES string of the molecule is Cc1ccc(NC(=O)N2CCN(S(=O)(=O)c3c(C)noc3C)CC2)cc1C. The summed E-state index contributed by atoms with van der Waals surface area (Å²) in [7, 11) is -3.68. The number of rotatable bonds is 3. The zero-order valence-corrected chi connectivity index (χ0v) is 16.8. The van der Waals surface area contributed by atoms with E-state index in [4.69, 9.17) is 4.52 Å². The molecule has 146 valence electrons. The number of carbonyl (C=O) groups is 1. The van der Waals surface area contributed by atoms with Gasteiger partial charge in [-0.15, -0.1) is 0 Å². The maximum absolute atomic E-state index is 12.8. The normalized spacial score (nSPS) is 15.8. The molecule has 9 heteroatoms. The monoisotopic (exact) mass is 392 g/mol. The van der Waals surface area contributed by atoms with Gasteiger partial charge in [-0.25, -0.2) is 13.2 Å². The quantitative estimate of drug-likeness (QED) is 0.866. The minimum atomic E-state index is -3.68. The average molecular weight is 392 g/mol. The minimum Gasteiger partial charge on any atom is -0.360 e. The molecule has 2 amide bonds. The van der Waals surface area contributed by atoms with Crippen LogP contribution in [0.5, 0.6) is 0 Å². The highest BCUT2D eigenvalue weighted by Crippen LogP contribution is 2.24. The molecule has 0 bridgehead atoms. The van der Waals surface area contributed by atoms with Crippen molar-refractivity contribution >= 4 is 21.7 Å². The van der Waals surface area contributed by atoms with Gasteiger partial charge in [-0.2, -0.15) is 4.31 Å². The number of anilines is 1. The number of nitrogens with zero attached hydrogens (tertiary/aromatic N) is 3. The Morgan fingerprint density at radius 1 is 1.07 bits per heavy atom. The Balaban J connectivity index is 1.64. The molecule has 27 heavy (non-hydrogen) atoms. The Labute approximate surface area is 159 Å². The molecule has 3 rings (SSSR count). The molecular weight excluding hydrogens is 368 g/mol. The highest BCUT2D eigenvalue weighted by atomic mass is 32.2. The molecule has 0 unspecified atom stereocenters.